The summed E-state index contributed by atoms with van der Waals surface area (Å²) in [4.78, 5) is 29.7. The van der Waals surface area contributed by atoms with Gasteiger partial charge in [-0.25, -0.2) is 12.8 Å². The number of nitrogens with zero attached hydrogens (tertiary/aromatic N) is 2. The maximum absolute atomic E-state index is 14.6. The quantitative estimate of drug-likeness (QED) is 0.143. The minimum absolute atomic E-state index is 0.0813. The fourth-order valence-corrected chi connectivity index (χ4v) is 6.58. The highest BCUT2D eigenvalue weighted by Gasteiger charge is 2.34. The number of carbonyl (C=O) groups is 2. The molecular weight excluding hydrogens is 617 g/mol. The monoisotopic (exact) mass is 659 g/mol. The largest absolute Gasteiger partial charge is 0.494 e. The molecule has 2 amide bonds. The number of nitrogens with one attached hydrogen (secondary N) is 1. The zero-order valence-electron chi connectivity index (χ0n) is 27.1. The Morgan fingerprint density at radius 1 is 0.872 bits per heavy atom. The average molecular weight is 660 g/mol. The Labute approximate surface area is 277 Å². The van der Waals surface area contributed by atoms with Crippen LogP contribution in [0, 0.1) is 12.7 Å². The van der Waals surface area contributed by atoms with E-state index in [0.29, 0.717) is 18.9 Å². The number of unbranched alkanes of at least 4 members (excludes halogenated alkanes) is 1. The average Bonchev–Trinajstić information content (AvgIpc) is 3.07. The van der Waals surface area contributed by atoms with Crippen LogP contribution in [-0.4, -0.2) is 50.9 Å². The molecule has 0 saturated carbocycles. The van der Waals surface area contributed by atoms with Crippen LogP contribution >= 0.6 is 0 Å². The Balaban J connectivity index is 1.80. The lowest BCUT2D eigenvalue weighted by Crippen LogP contribution is -2.53. The van der Waals surface area contributed by atoms with E-state index < -0.39 is 34.3 Å². The Morgan fingerprint density at radius 3 is 2.17 bits per heavy atom. The third-order valence-electron chi connectivity index (χ3n) is 7.82. The molecule has 0 bridgehead atoms. The molecule has 8 nitrogen and oxygen atoms in total. The lowest BCUT2D eigenvalue weighted by molar-refractivity contribution is -0.140. The van der Waals surface area contributed by atoms with Crippen molar-refractivity contribution in [1.29, 1.82) is 0 Å². The molecule has 0 aliphatic heterocycles. The van der Waals surface area contributed by atoms with Crippen molar-refractivity contribution in [1.82, 2.24) is 10.2 Å². The predicted molar refractivity (Wildman–Crippen MR) is 182 cm³/mol. The number of benzene rings is 4. The molecule has 4 aromatic carbocycles. The molecule has 47 heavy (non-hydrogen) atoms. The molecule has 0 saturated heterocycles. The molecule has 4 aromatic rings. The zero-order valence-corrected chi connectivity index (χ0v) is 27.9. The van der Waals surface area contributed by atoms with Crippen molar-refractivity contribution in [2.45, 2.75) is 57.5 Å². The second-order valence-electron chi connectivity index (χ2n) is 11.2. The number of carbonyl (C=O) groups excluding carboxylic acids is 2. The second-order valence-corrected chi connectivity index (χ2v) is 13.1. The Hall–Kier alpha value is -4.70. The molecule has 0 heterocycles. The molecule has 0 aliphatic rings. The molecule has 248 valence electrons. The van der Waals surface area contributed by atoms with Crippen molar-refractivity contribution >= 4 is 27.5 Å². The number of rotatable bonds is 16. The third kappa shape index (κ3) is 9.42. The molecule has 0 aliphatic carbocycles. The summed E-state index contributed by atoms with van der Waals surface area (Å²) in [5.74, 6) is -0.943. The maximum Gasteiger partial charge on any atom is 0.264 e. The molecule has 10 heteroatoms. The van der Waals surface area contributed by atoms with Crippen molar-refractivity contribution in [2.24, 2.45) is 0 Å². The van der Waals surface area contributed by atoms with E-state index in [2.05, 4.69) is 5.32 Å². The SMILES string of the molecule is CCCCNC(=O)[C@H](Cc1ccccc1)N(Cc1ccccc1C)C(=O)CN(c1ccc(OCC)cc1)S(=O)(=O)c1ccc(F)cc1. The number of amides is 2. The van der Waals surface area contributed by atoms with Crippen LogP contribution in [0.15, 0.2) is 108 Å². The number of sulfonamides is 1. The first-order valence-corrected chi connectivity index (χ1v) is 17.2. The summed E-state index contributed by atoms with van der Waals surface area (Å²) < 4.78 is 48.6. The van der Waals surface area contributed by atoms with Gasteiger partial charge < -0.3 is 15.0 Å². The van der Waals surface area contributed by atoms with Gasteiger partial charge in [0.25, 0.3) is 10.0 Å². The van der Waals surface area contributed by atoms with Crippen LogP contribution in [-0.2, 0) is 32.6 Å². The Morgan fingerprint density at radius 2 is 1.53 bits per heavy atom. The summed E-state index contributed by atoms with van der Waals surface area (Å²) in [7, 11) is -4.35. The topological polar surface area (TPSA) is 96.0 Å². The molecule has 1 N–H and O–H groups in total. The fraction of sp³-hybridized carbons (Fsp3) is 0.297. The normalized spacial score (nSPS) is 11.8. The van der Waals surface area contributed by atoms with Gasteiger partial charge in [-0.05, 0) is 85.5 Å². The van der Waals surface area contributed by atoms with E-state index in [9.17, 15) is 22.4 Å². The molecule has 0 fully saturated rings. The number of anilines is 1. The van der Waals surface area contributed by atoms with Gasteiger partial charge in [-0.1, -0.05) is 67.9 Å². The summed E-state index contributed by atoms with van der Waals surface area (Å²) >= 11 is 0. The predicted octanol–water partition coefficient (Wildman–Crippen LogP) is 6.28. The van der Waals surface area contributed by atoms with Crippen LogP contribution in [0.2, 0.25) is 0 Å². The minimum atomic E-state index is -4.35. The summed E-state index contributed by atoms with van der Waals surface area (Å²) in [5, 5.41) is 2.99. The van der Waals surface area contributed by atoms with Gasteiger partial charge in [0.15, 0.2) is 0 Å². The maximum atomic E-state index is 14.6. The first-order valence-electron chi connectivity index (χ1n) is 15.8. The van der Waals surface area contributed by atoms with Gasteiger partial charge >= 0.3 is 0 Å². The third-order valence-corrected chi connectivity index (χ3v) is 9.61. The van der Waals surface area contributed by atoms with E-state index in [1.54, 1.807) is 24.3 Å². The van der Waals surface area contributed by atoms with E-state index in [1.807, 2.05) is 75.4 Å². The van der Waals surface area contributed by atoms with Crippen LogP contribution in [0.5, 0.6) is 5.75 Å². The van der Waals surface area contributed by atoms with Crippen molar-refractivity contribution in [3.63, 3.8) is 0 Å². The van der Waals surface area contributed by atoms with E-state index in [4.69, 9.17) is 4.74 Å². The Bertz CT molecular complexity index is 1720. The lowest BCUT2D eigenvalue weighted by atomic mass is 10.0. The molecule has 0 spiro atoms. The number of hydrogen-bond acceptors (Lipinski definition) is 5. The van der Waals surface area contributed by atoms with E-state index >= 15 is 0 Å². The van der Waals surface area contributed by atoms with Crippen LogP contribution < -0.4 is 14.4 Å². The van der Waals surface area contributed by atoms with Gasteiger partial charge in [-0.2, -0.15) is 0 Å². The van der Waals surface area contributed by atoms with Gasteiger partial charge in [0, 0.05) is 19.5 Å². The summed E-state index contributed by atoms with van der Waals surface area (Å²) in [6.45, 7) is 6.14. The van der Waals surface area contributed by atoms with Crippen molar-refractivity contribution in [3.05, 3.63) is 126 Å². The van der Waals surface area contributed by atoms with Crippen molar-refractivity contribution < 1.29 is 27.1 Å². The number of hydrogen-bond donors (Lipinski definition) is 1. The van der Waals surface area contributed by atoms with Crippen LogP contribution in [0.4, 0.5) is 10.1 Å². The van der Waals surface area contributed by atoms with Gasteiger partial charge in [-0.15, -0.1) is 0 Å². The first kappa shape index (κ1) is 35.2. The lowest BCUT2D eigenvalue weighted by Gasteiger charge is -2.34. The standard InChI is InChI=1S/C37H42FN3O5S/c1-4-6-24-39-37(43)35(25-29-13-8-7-9-14-29)40(26-30-15-11-10-12-28(30)3)36(42)27-41(32-18-20-33(21-19-32)46-5-2)47(44,45)34-22-16-31(38)17-23-34/h7-23,35H,4-6,24-27H2,1-3H3,(H,39,43)/t35-/m0/s1. The molecule has 0 unspecified atom stereocenters. The summed E-state index contributed by atoms with van der Waals surface area (Å²) in [5.41, 5.74) is 2.83. The highest BCUT2D eigenvalue weighted by Crippen LogP contribution is 2.27. The smallest absolute Gasteiger partial charge is 0.264 e. The summed E-state index contributed by atoms with van der Waals surface area (Å²) in [6, 6.07) is 26.9. The van der Waals surface area contributed by atoms with Gasteiger partial charge in [-0.3, -0.25) is 13.9 Å². The van der Waals surface area contributed by atoms with Crippen LogP contribution in [0.25, 0.3) is 0 Å². The Kier molecular flexibility index (Phi) is 12.5. The minimum Gasteiger partial charge on any atom is -0.494 e. The van der Waals surface area contributed by atoms with E-state index in [-0.39, 0.29) is 29.5 Å². The number of halogens is 1. The summed E-state index contributed by atoms with van der Waals surface area (Å²) in [6.07, 6.45) is 1.88. The highest BCUT2D eigenvalue weighted by atomic mass is 32.2. The molecule has 1 atom stereocenters. The highest BCUT2D eigenvalue weighted by molar-refractivity contribution is 7.92. The van der Waals surface area contributed by atoms with E-state index in [1.165, 1.54) is 17.0 Å². The fourth-order valence-electron chi connectivity index (χ4n) is 5.17. The molecular formula is C37H42FN3O5S. The zero-order chi connectivity index (χ0) is 33.8. The molecule has 0 aromatic heterocycles. The first-order chi connectivity index (χ1) is 22.6. The molecule has 0 radical (unpaired) electrons. The van der Waals surface area contributed by atoms with Gasteiger partial charge in [0.1, 0.15) is 24.2 Å². The van der Waals surface area contributed by atoms with Gasteiger partial charge in [0.05, 0.1) is 17.2 Å². The van der Waals surface area contributed by atoms with Crippen LogP contribution in [0.1, 0.15) is 43.4 Å². The second kappa shape index (κ2) is 16.7. The molecule has 4 rings (SSSR count). The number of ether oxygens (including phenoxy) is 1. The van der Waals surface area contributed by atoms with Crippen LogP contribution in [0.3, 0.4) is 0 Å². The van der Waals surface area contributed by atoms with Crippen molar-refractivity contribution in [3.8, 4) is 5.75 Å². The number of aryl methyl sites for hydroxylation is 1. The van der Waals surface area contributed by atoms with Crippen molar-refractivity contribution in [2.75, 3.05) is 24.0 Å². The van der Waals surface area contributed by atoms with E-state index in [0.717, 1.165) is 46.0 Å². The van der Waals surface area contributed by atoms with Gasteiger partial charge in [0.2, 0.25) is 11.8 Å².